The van der Waals surface area contributed by atoms with E-state index in [2.05, 4.69) is 0 Å². The van der Waals surface area contributed by atoms with Crippen LogP contribution in [0, 0.1) is 17.5 Å². The Morgan fingerprint density at radius 3 is 2.29 bits per heavy atom. The van der Waals surface area contributed by atoms with Gasteiger partial charge >= 0.3 is 5.97 Å². The van der Waals surface area contributed by atoms with Crippen molar-refractivity contribution in [1.82, 2.24) is 4.57 Å². The summed E-state index contributed by atoms with van der Waals surface area (Å²) in [6, 6.07) is 11.4. The van der Waals surface area contributed by atoms with Gasteiger partial charge in [-0.25, -0.2) is 18.0 Å². The van der Waals surface area contributed by atoms with Crippen LogP contribution in [0.4, 0.5) is 13.2 Å². The van der Waals surface area contributed by atoms with E-state index >= 15 is 4.39 Å². The van der Waals surface area contributed by atoms with E-state index in [1.807, 2.05) is 13.8 Å². The highest BCUT2D eigenvalue weighted by atomic mass is 19.1. The summed E-state index contributed by atoms with van der Waals surface area (Å²) in [5, 5.41) is 20.4. The van der Waals surface area contributed by atoms with Gasteiger partial charge in [0.15, 0.2) is 0 Å². The Labute approximate surface area is 199 Å². The van der Waals surface area contributed by atoms with Crippen LogP contribution in [0.3, 0.4) is 0 Å². The van der Waals surface area contributed by atoms with E-state index in [1.54, 1.807) is 23.6 Å². The third-order valence-corrected chi connectivity index (χ3v) is 6.67. The van der Waals surface area contributed by atoms with Crippen molar-refractivity contribution in [3.8, 4) is 11.4 Å². The Balaban J connectivity index is 1.93. The molecular formula is C27H22F3NO4. The molecule has 0 spiro atoms. The summed E-state index contributed by atoms with van der Waals surface area (Å²) in [5.41, 5.74) is -0.379. The van der Waals surface area contributed by atoms with E-state index in [0.29, 0.717) is 22.5 Å². The number of carboxylic acids is 1. The lowest BCUT2D eigenvalue weighted by molar-refractivity contribution is -0.0456. The van der Waals surface area contributed by atoms with Gasteiger partial charge in [-0.15, -0.1) is 0 Å². The maximum absolute atomic E-state index is 15.4. The topological polar surface area (TPSA) is 71.7 Å². The number of rotatable bonds is 3. The van der Waals surface area contributed by atoms with E-state index in [9.17, 15) is 23.8 Å². The van der Waals surface area contributed by atoms with Crippen molar-refractivity contribution in [2.24, 2.45) is 0 Å². The molecule has 1 aromatic heterocycles. The summed E-state index contributed by atoms with van der Waals surface area (Å²) in [7, 11) is 0. The number of phenolic OH excluding ortho intramolecular Hbond substituents is 1. The molecule has 4 aromatic rings. The molecule has 1 aliphatic rings. The van der Waals surface area contributed by atoms with E-state index in [1.165, 1.54) is 30.3 Å². The van der Waals surface area contributed by atoms with Crippen LogP contribution in [0.1, 0.15) is 48.0 Å². The number of carbonyl (C=O) groups is 1. The Kier molecular flexibility index (Phi) is 5.00. The van der Waals surface area contributed by atoms with Crippen molar-refractivity contribution in [2.75, 3.05) is 6.61 Å². The quantitative estimate of drug-likeness (QED) is 0.375. The van der Waals surface area contributed by atoms with E-state index in [0.717, 1.165) is 12.1 Å². The lowest BCUT2D eigenvalue weighted by Gasteiger charge is -2.43. The number of carboxylic acid groups (broad SMARTS) is 1. The van der Waals surface area contributed by atoms with Crippen LogP contribution in [-0.2, 0) is 15.8 Å². The number of hydrogen-bond acceptors (Lipinski definition) is 3. The third-order valence-electron chi connectivity index (χ3n) is 6.67. The number of fused-ring (bicyclic) bond motifs is 3. The van der Waals surface area contributed by atoms with E-state index in [-0.39, 0.29) is 28.9 Å². The number of aromatic nitrogens is 1. The first-order valence-corrected chi connectivity index (χ1v) is 10.9. The minimum atomic E-state index is -1.45. The molecule has 2 N–H and O–H groups in total. The average molecular weight is 481 g/mol. The standard InChI is InChI=1S/C27H22F3NO4/c1-26(2)13-35-27(3,18-9-4-14(25(33)34)10-19(18)30)23-22-20(11-16(29)12-21(22)32)31(24(23)26)17-7-5-15(28)6-8-17/h4-12,32H,13H2,1-3H3,(H,33,34). The largest absolute Gasteiger partial charge is 0.507 e. The molecule has 5 nitrogen and oxygen atoms in total. The van der Waals surface area contributed by atoms with Crippen molar-refractivity contribution in [2.45, 2.75) is 31.8 Å². The van der Waals surface area contributed by atoms with Gasteiger partial charge in [0.05, 0.1) is 17.7 Å². The summed E-state index contributed by atoms with van der Waals surface area (Å²) in [6.07, 6.45) is 0. The molecule has 8 heteroatoms. The number of aromatic hydroxyl groups is 1. The lowest BCUT2D eigenvalue weighted by atomic mass is 9.75. The molecule has 0 fully saturated rings. The van der Waals surface area contributed by atoms with Crippen molar-refractivity contribution >= 4 is 16.9 Å². The highest BCUT2D eigenvalue weighted by molar-refractivity contribution is 5.94. The van der Waals surface area contributed by atoms with E-state index < -0.39 is 34.4 Å². The van der Waals surface area contributed by atoms with Crippen molar-refractivity contribution in [3.63, 3.8) is 0 Å². The summed E-state index contributed by atoms with van der Waals surface area (Å²) in [5.74, 6) is -3.53. The maximum atomic E-state index is 15.4. The highest BCUT2D eigenvalue weighted by Crippen LogP contribution is 2.52. The molecule has 2 heterocycles. The second-order valence-electron chi connectivity index (χ2n) is 9.56. The second kappa shape index (κ2) is 7.61. The first-order chi connectivity index (χ1) is 16.4. The minimum Gasteiger partial charge on any atom is -0.507 e. The van der Waals surface area contributed by atoms with Crippen LogP contribution in [0.15, 0.2) is 54.6 Å². The van der Waals surface area contributed by atoms with Crippen LogP contribution < -0.4 is 0 Å². The maximum Gasteiger partial charge on any atom is 0.335 e. The second-order valence-corrected chi connectivity index (χ2v) is 9.56. The third kappa shape index (κ3) is 3.39. The van der Waals surface area contributed by atoms with Crippen LogP contribution in [0.2, 0.25) is 0 Å². The number of ether oxygens (including phenoxy) is 1. The molecule has 0 saturated heterocycles. The van der Waals surface area contributed by atoms with Gasteiger partial charge in [-0.1, -0.05) is 19.9 Å². The van der Waals surface area contributed by atoms with Crippen LogP contribution in [0.5, 0.6) is 5.75 Å². The molecule has 1 aliphatic heterocycles. The molecule has 0 bridgehead atoms. The molecule has 0 aliphatic carbocycles. The number of phenols is 1. The number of hydrogen-bond donors (Lipinski definition) is 2. The van der Waals surface area contributed by atoms with Gasteiger partial charge in [0.25, 0.3) is 0 Å². The molecular weight excluding hydrogens is 459 g/mol. The van der Waals surface area contributed by atoms with Crippen LogP contribution >= 0.6 is 0 Å². The monoisotopic (exact) mass is 481 g/mol. The summed E-state index contributed by atoms with van der Waals surface area (Å²) in [6.45, 7) is 5.58. The van der Waals surface area contributed by atoms with Crippen molar-refractivity contribution in [3.05, 3.63) is 94.4 Å². The average Bonchev–Trinajstić information content (AvgIpc) is 3.14. The van der Waals surface area contributed by atoms with E-state index in [4.69, 9.17) is 4.74 Å². The fourth-order valence-electron chi connectivity index (χ4n) is 5.04. The van der Waals surface area contributed by atoms with Gasteiger partial charge in [-0.2, -0.15) is 0 Å². The van der Waals surface area contributed by atoms with Gasteiger partial charge in [0, 0.05) is 39.4 Å². The SMILES string of the molecule is CC1(C)COC(C)(c2ccc(C(=O)O)cc2F)c2c1n(-c1ccc(F)cc1)c1cc(F)cc(O)c21. The minimum absolute atomic E-state index is 0.0705. The number of halogens is 3. The van der Waals surface area contributed by atoms with Crippen molar-refractivity contribution in [1.29, 1.82) is 0 Å². The Morgan fingerprint density at radius 1 is 0.971 bits per heavy atom. The molecule has 180 valence electrons. The number of nitrogens with zero attached hydrogens (tertiary/aromatic N) is 1. The molecule has 5 rings (SSSR count). The number of benzene rings is 3. The Bertz CT molecular complexity index is 1510. The van der Waals surface area contributed by atoms with Crippen LogP contribution in [-0.4, -0.2) is 27.4 Å². The highest BCUT2D eigenvalue weighted by Gasteiger charge is 2.48. The lowest BCUT2D eigenvalue weighted by Crippen LogP contribution is -2.43. The van der Waals surface area contributed by atoms with Gasteiger partial charge in [-0.05, 0) is 49.4 Å². The Morgan fingerprint density at radius 2 is 1.66 bits per heavy atom. The van der Waals surface area contributed by atoms with Gasteiger partial charge in [0.1, 0.15) is 28.8 Å². The fraction of sp³-hybridized carbons (Fsp3) is 0.222. The van der Waals surface area contributed by atoms with Crippen LogP contribution in [0.25, 0.3) is 16.6 Å². The summed E-state index contributed by atoms with van der Waals surface area (Å²) < 4.78 is 51.6. The van der Waals surface area contributed by atoms with Gasteiger partial charge in [-0.3, -0.25) is 0 Å². The number of aromatic carboxylic acids is 1. The molecule has 0 radical (unpaired) electrons. The smallest absolute Gasteiger partial charge is 0.335 e. The summed E-state index contributed by atoms with van der Waals surface area (Å²) in [4.78, 5) is 11.3. The summed E-state index contributed by atoms with van der Waals surface area (Å²) >= 11 is 0. The first-order valence-electron chi connectivity index (χ1n) is 10.9. The predicted octanol–water partition coefficient (Wildman–Crippen LogP) is 6.02. The zero-order valence-electron chi connectivity index (χ0n) is 19.2. The molecule has 3 aromatic carbocycles. The molecule has 1 unspecified atom stereocenters. The zero-order valence-corrected chi connectivity index (χ0v) is 19.2. The Hall–Kier alpha value is -3.78. The molecule has 0 saturated carbocycles. The molecule has 0 amide bonds. The van der Waals surface area contributed by atoms with Gasteiger partial charge in [0.2, 0.25) is 0 Å². The van der Waals surface area contributed by atoms with Crippen molar-refractivity contribution < 1.29 is 32.9 Å². The van der Waals surface area contributed by atoms with Gasteiger partial charge < -0.3 is 19.5 Å². The first kappa shape index (κ1) is 23.0. The predicted molar refractivity (Wildman–Crippen MR) is 124 cm³/mol. The zero-order chi connectivity index (χ0) is 25.3. The normalized spacial score (nSPS) is 19.0. The molecule has 35 heavy (non-hydrogen) atoms. The fourth-order valence-corrected chi connectivity index (χ4v) is 5.04. The molecule has 1 atom stereocenters.